The Kier molecular flexibility index (Phi) is 4.93. The van der Waals surface area contributed by atoms with Gasteiger partial charge in [-0.2, -0.15) is 10.4 Å². The van der Waals surface area contributed by atoms with Gasteiger partial charge in [0, 0.05) is 25.6 Å². The summed E-state index contributed by atoms with van der Waals surface area (Å²) in [5.74, 6) is 0.541. The molecule has 10 heteroatoms. The molecule has 0 radical (unpaired) electrons. The first kappa shape index (κ1) is 19.9. The number of nitrogens with zero attached hydrogens (tertiary/aromatic N) is 7. The number of aromatic nitrogens is 5. The van der Waals surface area contributed by atoms with Gasteiger partial charge in [-0.3, -0.25) is 14.5 Å². The summed E-state index contributed by atoms with van der Waals surface area (Å²) < 4.78 is 3.35. The Bertz CT molecular complexity index is 1230. The smallest absolute Gasteiger partial charge is 0.291 e. The number of aryl methyl sites for hydroxylation is 1. The Balaban J connectivity index is 1.26. The molecule has 1 atom stereocenters. The molecule has 1 aliphatic heterocycles. The fourth-order valence-corrected chi connectivity index (χ4v) is 3.93. The quantitative estimate of drug-likeness (QED) is 0.654. The number of rotatable bonds is 5. The van der Waals surface area contributed by atoms with Crippen molar-refractivity contribution >= 4 is 17.6 Å². The fraction of sp³-hybridized carbons (Fsp3) is 0.364. The minimum atomic E-state index is -0.690. The zero-order valence-electron chi connectivity index (χ0n) is 17.6. The first-order valence-electron chi connectivity index (χ1n) is 10.6. The molecule has 3 aromatic rings. The highest BCUT2D eigenvalue weighted by Gasteiger charge is 2.34. The summed E-state index contributed by atoms with van der Waals surface area (Å²) in [6, 6.07) is 10.6. The van der Waals surface area contributed by atoms with E-state index in [9.17, 15) is 14.9 Å². The molecule has 2 aromatic heterocycles. The van der Waals surface area contributed by atoms with E-state index < -0.39 is 11.9 Å². The van der Waals surface area contributed by atoms with Crippen LogP contribution in [0, 0.1) is 11.3 Å². The van der Waals surface area contributed by atoms with Crippen LogP contribution in [0.5, 0.6) is 0 Å². The molecule has 5 rings (SSSR count). The Labute approximate surface area is 184 Å². The third-order valence-corrected chi connectivity index (χ3v) is 5.89. The van der Waals surface area contributed by atoms with Crippen LogP contribution in [0.4, 0.5) is 5.82 Å². The lowest BCUT2D eigenvalue weighted by Crippen LogP contribution is -2.47. The van der Waals surface area contributed by atoms with Gasteiger partial charge in [0.2, 0.25) is 5.82 Å². The number of carbonyl (C=O) groups excluding carboxylic acids is 2. The molecule has 1 aliphatic carbocycles. The molecule has 2 aliphatic rings. The summed E-state index contributed by atoms with van der Waals surface area (Å²) in [6.07, 6.45) is 4.17. The molecule has 3 heterocycles. The lowest BCUT2D eigenvalue weighted by molar-refractivity contribution is -0.120. The molecule has 1 saturated carbocycles. The van der Waals surface area contributed by atoms with Crippen molar-refractivity contribution in [2.75, 3.05) is 11.9 Å². The summed E-state index contributed by atoms with van der Waals surface area (Å²) >= 11 is 0. The predicted molar refractivity (Wildman–Crippen MR) is 114 cm³/mol. The maximum Gasteiger partial charge on any atom is 0.291 e. The Morgan fingerprint density at radius 1 is 1.25 bits per heavy atom. The zero-order valence-corrected chi connectivity index (χ0v) is 17.6. The maximum absolute atomic E-state index is 13.0. The van der Waals surface area contributed by atoms with Crippen LogP contribution in [-0.2, 0) is 17.9 Å². The molecule has 1 unspecified atom stereocenters. The number of hydrogen-bond acceptors (Lipinski definition) is 6. The van der Waals surface area contributed by atoms with Crippen LogP contribution >= 0.6 is 0 Å². The fourth-order valence-electron chi connectivity index (χ4n) is 3.93. The average molecular weight is 430 g/mol. The molecular formula is C22H22N8O2. The molecular weight excluding hydrogens is 408 g/mol. The van der Waals surface area contributed by atoms with Gasteiger partial charge in [0.15, 0.2) is 0 Å². The van der Waals surface area contributed by atoms with Crippen molar-refractivity contribution in [2.24, 2.45) is 0 Å². The standard InChI is InChI=1S/C22H22N8O2/c1-28-19-10-18(14-6-7-14)26-30(19)9-8-17(22(28)32)25-21(31)20-24-13-29(27-20)12-16-5-3-2-4-15(16)11-23/h2-5,10,13-14,17H,6-9,12H2,1H3,(H,25,31). The van der Waals surface area contributed by atoms with Crippen LogP contribution in [0.1, 0.15) is 52.6 Å². The number of likely N-dealkylation sites (N-methyl/N-ethyl adjacent to an activating group) is 1. The van der Waals surface area contributed by atoms with Gasteiger partial charge in [0.25, 0.3) is 11.8 Å². The first-order chi connectivity index (χ1) is 15.5. The molecule has 2 amide bonds. The van der Waals surface area contributed by atoms with Crippen LogP contribution < -0.4 is 10.2 Å². The van der Waals surface area contributed by atoms with Crippen LogP contribution in [0.2, 0.25) is 0 Å². The van der Waals surface area contributed by atoms with Crippen molar-refractivity contribution in [2.45, 2.75) is 44.3 Å². The summed E-state index contributed by atoms with van der Waals surface area (Å²) in [7, 11) is 1.70. The number of nitriles is 1. The maximum atomic E-state index is 13.0. The molecule has 1 fully saturated rings. The first-order valence-corrected chi connectivity index (χ1v) is 10.6. The highest BCUT2D eigenvalue weighted by molar-refractivity contribution is 6.00. The van der Waals surface area contributed by atoms with E-state index in [2.05, 4.69) is 26.6 Å². The van der Waals surface area contributed by atoms with E-state index in [1.54, 1.807) is 24.1 Å². The third-order valence-electron chi connectivity index (χ3n) is 5.89. The van der Waals surface area contributed by atoms with Gasteiger partial charge < -0.3 is 5.32 Å². The van der Waals surface area contributed by atoms with E-state index >= 15 is 0 Å². The van der Waals surface area contributed by atoms with Gasteiger partial charge in [0.05, 0.1) is 23.9 Å². The summed E-state index contributed by atoms with van der Waals surface area (Å²) in [5, 5.41) is 20.9. The second-order valence-corrected chi connectivity index (χ2v) is 8.17. The molecule has 0 saturated heterocycles. The summed E-state index contributed by atoms with van der Waals surface area (Å²) in [5.41, 5.74) is 2.37. The van der Waals surface area contributed by atoms with Crippen molar-refractivity contribution in [3.05, 3.63) is 59.3 Å². The molecule has 0 spiro atoms. The van der Waals surface area contributed by atoms with Gasteiger partial charge in [-0.05, 0) is 30.9 Å². The van der Waals surface area contributed by atoms with E-state index in [0.717, 1.165) is 29.9 Å². The summed E-state index contributed by atoms with van der Waals surface area (Å²) in [6.45, 7) is 0.857. The zero-order chi connectivity index (χ0) is 22.2. The van der Waals surface area contributed by atoms with Crippen LogP contribution in [0.3, 0.4) is 0 Å². The summed E-state index contributed by atoms with van der Waals surface area (Å²) in [4.78, 5) is 31.4. The number of benzene rings is 1. The van der Waals surface area contributed by atoms with Gasteiger partial charge in [-0.15, -0.1) is 5.10 Å². The average Bonchev–Trinajstić information content (AvgIpc) is 3.42. The minimum absolute atomic E-state index is 0.0205. The predicted octanol–water partition coefficient (Wildman–Crippen LogP) is 1.44. The van der Waals surface area contributed by atoms with E-state index in [1.807, 2.05) is 22.9 Å². The SMILES string of the molecule is CN1C(=O)C(NC(=O)c2ncn(Cc3ccccc3C#N)n2)CCn2nc(C3CC3)cc21. The molecule has 1 aromatic carbocycles. The van der Waals surface area contributed by atoms with E-state index in [0.29, 0.717) is 31.0 Å². The molecule has 162 valence electrons. The van der Waals surface area contributed by atoms with Crippen LogP contribution in [0.25, 0.3) is 0 Å². The molecule has 32 heavy (non-hydrogen) atoms. The Morgan fingerprint density at radius 2 is 2.06 bits per heavy atom. The number of fused-ring (bicyclic) bond motifs is 1. The highest BCUT2D eigenvalue weighted by atomic mass is 16.2. The second kappa shape index (κ2) is 7.92. The molecule has 1 N–H and O–H groups in total. The minimum Gasteiger partial charge on any atom is -0.337 e. The Morgan fingerprint density at radius 3 is 2.84 bits per heavy atom. The molecule has 10 nitrogen and oxygen atoms in total. The number of nitrogens with one attached hydrogen (secondary N) is 1. The van der Waals surface area contributed by atoms with E-state index in [4.69, 9.17) is 0 Å². The van der Waals surface area contributed by atoms with Crippen molar-refractivity contribution < 1.29 is 9.59 Å². The van der Waals surface area contributed by atoms with Gasteiger partial charge in [-0.1, -0.05) is 18.2 Å². The van der Waals surface area contributed by atoms with Gasteiger partial charge in [0.1, 0.15) is 18.2 Å². The lowest BCUT2D eigenvalue weighted by Gasteiger charge is -2.19. The van der Waals surface area contributed by atoms with Crippen LogP contribution in [-0.4, -0.2) is 49.4 Å². The number of amides is 2. The number of hydrogen-bond donors (Lipinski definition) is 1. The molecule has 0 bridgehead atoms. The second-order valence-electron chi connectivity index (χ2n) is 8.17. The Hall–Kier alpha value is -4.00. The van der Waals surface area contributed by atoms with Crippen LogP contribution in [0.15, 0.2) is 36.7 Å². The third kappa shape index (κ3) is 3.73. The van der Waals surface area contributed by atoms with E-state index in [-0.39, 0.29) is 11.7 Å². The monoisotopic (exact) mass is 430 g/mol. The van der Waals surface area contributed by atoms with Crippen molar-refractivity contribution in [3.8, 4) is 6.07 Å². The number of anilines is 1. The van der Waals surface area contributed by atoms with Gasteiger partial charge in [-0.25, -0.2) is 14.3 Å². The van der Waals surface area contributed by atoms with Crippen molar-refractivity contribution in [3.63, 3.8) is 0 Å². The number of carbonyl (C=O) groups is 2. The van der Waals surface area contributed by atoms with Crippen molar-refractivity contribution in [1.82, 2.24) is 29.9 Å². The highest BCUT2D eigenvalue weighted by Crippen LogP contribution is 2.40. The van der Waals surface area contributed by atoms with Crippen molar-refractivity contribution in [1.29, 1.82) is 5.26 Å². The van der Waals surface area contributed by atoms with E-state index in [1.165, 1.54) is 11.0 Å². The topological polar surface area (TPSA) is 122 Å². The van der Waals surface area contributed by atoms with Gasteiger partial charge >= 0.3 is 0 Å². The largest absolute Gasteiger partial charge is 0.337 e. The lowest BCUT2D eigenvalue weighted by atomic mass is 10.1. The normalized spacial score (nSPS) is 18.1.